The van der Waals surface area contributed by atoms with Crippen LogP contribution in [0, 0.1) is 0 Å². The molecule has 1 heterocycles. The highest BCUT2D eigenvalue weighted by Crippen LogP contribution is 2.22. The maximum Gasteiger partial charge on any atom is 0.240 e. The third-order valence-corrected chi connectivity index (χ3v) is 5.75. The smallest absolute Gasteiger partial charge is 0.240 e. The van der Waals surface area contributed by atoms with Crippen molar-refractivity contribution in [2.75, 3.05) is 0 Å². The van der Waals surface area contributed by atoms with Gasteiger partial charge in [0.2, 0.25) is 10.0 Å². The molecule has 0 unspecified atom stereocenters. The first-order valence-electron chi connectivity index (χ1n) is 8.78. The Kier molecular flexibility index (Phi) is 5.06. The second-order valence-electron chi connectivity index (χ2n) is 6.26. The summed E-state index contributed by atoms with van der Waals surface area (Å²) in [5.41, 5.74) is 3.58. The SMILES string of the molecule is O=S(=O)(NCc1cc(-c2ccccc2)no1)c1ccc(-c2ccccc2)cc1. The van der Waals surface area contributed by atoms with E-state index in [9.17, 15) is 8.42 Å². The number of benzene rings is 3. The van der Waals surface area contributed by atoms with Crippen LogP contribution in [0.1, 0.15) is 5.76 Å². The fourth-order valence-corrected chi connectivity index (χ4v) is 3.84. The van der Waals surface area contributed by atoms with E-state index in [1.54, 1.807) is 30.3 Å². The first-order chi connectivity index (χ1) is 13.6. The Morgan fingerprint density at radius 2 is 1.32 bits per heavy atom. The summed E-state index contributed by atoms with van der Waals surface area (Å²) in [4.78, 5) is 0.204. The average molecular weight is 390 g/mol. The normalized spacial score (nSPS) is 11.4. The van der Waals surface area contributed by atoms with E-state index in [0.717, 1.165) is 16.7 Å². The van der Waals surface area contributed by atoms with Gasteiger partial charge in [-0.05, 0) is 23.3 Å². The molecule has 3 aromatic carbocycles. The predicted octanol–water partition coefficient (Wildman–Crippen LogP) is 4.49. The maximum absolute atomic E-state index is 12.6. The van der Waals surface area contributed by atoms with E-state index in [1.807, 2.05) is 60.7 Å². The quantitative estimate of drug-likeness (QED) is 0.527. The zero-order valence-corrected chi connectivity index (χ0v) is 15.8. The van der Waals surface area contributed by atoms with E-state index in [2.05, 4.69) is 9.88 Å². The number of hydrogen-bond acceptors (Lipinski definition) is 4. The third kappa shape index (κ3) is 4.03. The summed E-state index contributed by atoms with van der Waals surface area (Å²) in [6.45, 7) is 0.0304. The van der Waals surface area contributed by atoms with Crippen molar-refractivity contribution in [2.45, 2.75) is 11.4 Å². The van der Waals surface area contributed by atoms with Crippen molar-refractivity contribution in [3.8, 4) is 22.4 Å². The molecule has 0 aliphatic carbocycles. The molecule has 0 fully saturated rings. The molecule has 0 saturated heterocycles. The number of sulfonamides is 1. The summed E-state index contributed by atoms with van der Waals surface area (Å²) in [7, 11) is -3.65. The van der Waals surface area contributed by atoms with Gasteiger partial charge in [0, 0.05) is 11.6 Å². The third-order valence-electron chi connectivity index (χ3n) is 4.34. The van der Waals surface area contributed by atoms with Crippen LogP contribution < -0.4 is 4.72 Å². The van der Waals surface area contributed by atoms with Crippen molar-refractivity contribution in [3.63, 3.8) is 0 Å². The summed E-state index contributed by atoms with van der Waals surface area (Å²) >= 11 is 0. The molecule has 1 N–H and O–H groups in total. The fourth-order valence-electron chi connectivity index (χ4n) is 2.85. The maximum atomic E-state index is 12.6. The summed E-state index contributed by atoms with van der Waals surface area (Å²) in [5, 5.41) is 4.00. The summed E-state index contributed by atoms with van der Waals surface area (Å²) in [6, 6.07) is 27.9. The summed E-state index contributed by atoms with van der Waals surface area (Å²) in [6.07, 6.45) is 0. The molecule has 4 aromatic rings. The van der Waals surface area contributed by atoms with E-state index in [4.69, 9.17) is 4.52 Å². The number of hydrogen-bond donors (Lipinski definition) is 1. The number of nitrogens with one attached hydrogen (secondary N) is 1. The van der Waals surface area contributed by atoms with Crippen LogP contribution in [0.4, 0.5) is 0 Å². The standard InChI is InChI=1S/C22H18N2O3S/c25-28(26,21-13-11-18(12-14-21)17-7-3-1-4-8-17)23-16-20-15-22(24-27-20)19-9-5-2-6-10-19/h1-15,23H,16H2. The Morgan fingerprint density at radius 1 is 0.750 bits per heavy atom. The van der Waals surface area contributed by atoms with E-state index < -0.39 is 10.0 Å². The molecule has 28 heavy (non-hydrogen) atoms. The van der Waals surface area contributed by atoms with Gasteiger partial charge >= 0.3 is 0 Å². The van der Waals surface area contributed by atoms with Gasteiger partial charge in [-0.15, -0.1) is 0 Å². The lowest BCUT2D eigenvalue weighted by atomic mass is 10.1. The van der Waals surface area contributed by atoms with Crippen molar-refractivity contribution < 1.29 is 12.9 Å². The van der Waals surface area contributed by atoms with Crippen molar-refractivity contribution in [2.24, 2.45) is 0 Å². The van der Waals surface area contributed by atoms with Crippen LogP contribution >= 0.6 is 0 Å². The van der Waals surface area contributed by atoms with Crippen LogP contribution in [-0.2, 0) is 16.6 Å². The molecule has 4 rings (SSSR count). The van der Waals surface area contributed by atoms with Gasteiger partial charge in [0.25, 0.3) is 0 Å². The van der Waals surface area contributed by atoms with Crippen LogP contribution in [0.3, 0.4) is 0 Å². The Balaban J connectivity index is 1.45. The first kappa shape index (κ1) is 18.2. The monoisotopic (exact) mass is 390 g/mol. The minimum absolute atomic E-state index is 0.0304. The molecule has 0 radical (unpaired) electrons. The predicted molar refractivity (Wildman–Crippen MR) is 108 cm³/mol. The molecule has 5 nitrogen and oxygen atoms in total. The van der Waals surface area contributed by atoms with Crippen molar-refractivity contribution >= 4 is 10.0 Å². The zero-order valence-electron chi connectivity index (χ0n) is 14.9. The van der Waals surface area contributed by atoms with Gasteiger partial charge in [0.05, 0.1) is 11.4 Å². The van der Waals surface area contributed by atoms with Gasteiger partial charge < -0.3 is 4.52 Å². The van der Waals surface area contributed by atoms with Gasteiger partial charge in [-0.3, -0.25) is 0 Å². The van der Waals surface area contributed by atoms with Gasteiger partial charge in [0.1, 0.15) is 5.69 Å². The van der Waals surface area contributed by atoms with E-state index in [1.165, 1.54) is 0 Å². The highest BCUT2D eigenvalue weighted by Gasteiger charge is 2.15. The molecule has 0 saturated carbocycles. The molecule has 0 amide bonds. The molecular formula is C22H18N2O3S. The molecular weight excluding hydrogens is 372 g/mol. The molecule has 0 spiro atoms. The second-order valence-corrected chi connectivity index (χ2v) is 8.03. The average Bonchev–Trinajstić information content (AvgIpc) is 3.23. The van der Waals surface area contributed by atoms with Gasteiger partial charge in [-0.1, -0.05) is 78.0 Å². The molecule has 0 aliphatic rings. The minimum Gasteiger partial charge on any atom is -0.359 e. The first-order valence-corrected chi connectivity index (χ1v) is 10.3. The topological polar surface area (TPSA) is 72.2 Å². The van der Waals surface area contributed by atoms with Gasteiger partial charge in [0.15, 0.2) is 5.76 Å². The lowest BCUT2D eigenvalue weighted by Crippen LogP contribution is -2.22. The Morgan fingerprint density at radius 3 is 1.96 bits per heavy atom. The highest BCUT2D eigenvalue weighted by atomic mass is 32.2. The molecule has 140 valence electrons. The number of nitrogens with zero attached hydrogens (tertiary/aromatic N) is 1. The van der Waals surface area contributed by atoms with Crippen LogP contribution in [0.15, 0.2) is 100 Å². The molecule has 0 atom stereocenters. The fraction of sp³-hybridized carbons (Fsp3) is 0.0455. The van der Waals surface area contributed by atoms with Crippen molar-refractivity contribution in [1.29, 1.82) is 0 Å². The van der Waals surface area contributed by atoms with Crippen LogP contribution in [-0.4, -0.2) is 13.6 Å². The zero-order chi connectivity index (χ0) is 19.4. The number of aromatic nitrogens is 1. The Bertz CT molecular complexity index is 1150. The Labute approximate surface area is 163 Å². The minimum atomic E-state index is -3.65. The largest absolute Gasteiger partial charge is 0.359 e. The molecule has 6 heteroatoms. The van der Waals surface area contributed by atoms with Crippen LogP contribution in [0.2, 0.25) is 0 Å². The Hall–Kier alpha value is -3.22. The van der Waals surface area contributed by atoms with Crippen molar-refractivity contribution in [1.82, 2.24) is 9.88 Å². The number of rotatable bonds is 6. The molecule has 0 aliphatic heterocycles. The lowest BCUT2D eigenvalue weighted by molar-refractivity contribution is 0.382. The van der Waals surface area contributed by atoms with E-state index in [0.29, 0.717) is 11.5 Å². The van der Waals surface area contributed by atoms with Gasteiger partial charge in [-0.2, -0.15) is 0 Å². The van der Waals surface area contributed by atoms with Crippen LogP contribution in [0.5, 0.6) is 0 Å². The summed E-state index contributed by atoms with van der Waals surface area (Å²) < 4.78 is 32.9. The highest BCUT2D eigenvalue weighted by molar-refractivity contribution is 7.89. The van der Waals surface area contributed by atoms with Crippen LogP contribution in [0.25, 0.3) is 22.4 Å². The van der Waals surface area contributed by atoms with E-state index in [-0.39, 0.29) is 11.4 Å². The second kappa shape index (κ2) is 7.80. The van der Waals surface area contributed by atoms with E-state index >= 15 is 0 Å². The summed E-state index contributed by atoms with van der Waals surface area (Å²) in [5.74, 6) is 0.448. The molecule has 1 aromatic heterocycles. The van der Waals surface area contributed by atoms with Gasteiger partial charge in [-0.25, -0.2) is 13.1 Å². The molecule has 0 bridgehead atoms. The van der Waals surface area contributed by atoms with Crippen molar-refractivity contribution in [3.05, 3.63) is 96.8 Å². The lowest BCUT2D eigenvalue weighted by Gasteiger charge is -2.06.